The second-order valence-corrected chi connectivity index (χ2v) is 7.40. The second-order valence-electron chi connectivity index (χ2n) is 6.96. The van der Waals surface area contributed by atoms with Crippen molar-refractivity contribution in [2.75, 3.05) is 5.01 Å². The van der Waals surface area contributed by atoms with E-state index in [1.165, 1.54) is 22.4 Å². The van der Waals surface area contributed by atoms with Crippen LogP contribution in [0.25, 0.3) is 0 Å². The van der Waals surface area contributed by atoms with E-state index in [2.05, 4.69) is 65.7 Å². The van der Waals surface area contributed by atoms with Crippen LogP contribution in [0.3, 0.4) is 0 Å². The van der Waals surface area contributed by atoms with Crippen LogP contribution >= 0.6 is 11.6 Å². The van der Waals surface area contributed by atoms with Crippen molar-refractivity contribution in [3.63, 3.8) is 0 Å². The van der Waals surface area contributed by atoms with Crippen LogP contribution < -0.4 is 5.01 Å². The molecule has 0 spiro atoms. The Hall–Kier alpha value is -2.58. The normalized spacial score (nSPS) is 21.1. The minimum atomic E-state index is 0.207. The van der Waals surface area contributed by atoms with Crippen LogP contribution in [0.1, 0.15) is 29.2 Å². The Morgan fingerprint density at radius 1 is 0.846 bits per heavy atom. The molecule has 0 bridgehead atoms. The largest absolute Gasteiger partial charge is 0.257 e. The maximum Gasteiger partial charge on any atom is 0.0860 e. The zero-order valence-electron chi connectivity index (χ0n) is 14.3. The van der Waals surface area contributed by atoms with E-state index in [9.17, 15) is 0 Å². The van der Waals surface area contributed by atoms with Crippen LogP contribution in [-0.4, -0.2) is 5.71 Å². The standard InChI is InChI=1S/C23H19ClN2/c24-18-13-10-17(11-14-18)23-21-15-12-16-6-4-5-9-20(16)22(21)25-26(23)19-7-2-1-3-8-19/h1-11,13-14,21,23H,12,15H2/t21-,23-/m0/s1. The number of para-hydroxylation sites is 1. The van der Waals surface area contributed by atoms with Crippen LogP contribution in [0, 0.1) is 5.92 Å². The number of hydrazone groups is 1. The van der Waals surface area contributed by atoms with Crippen molar-refractivity contribution >= 4 is 23.0 Å². The molecule has 0 aromatic heterocycles. The monoisotopic (exact) mass is 358 g/mol. The molecule has 0 fully saturated rings. The fourth-order valence-corrected chi connectivity index (χ4v) is 4.38. The number of hydrogen-bond donors (Lipinski definition) is 0. The minimum Gasteiger partial charge on any atom is -0.257 e. The van der Waals surface area contributed by atoms with E-state index in [1.807, 2.05) is 18.2 Å². The van der Waals surface area contributed by atoms with Crippen molar-refractivity contribution in [2.24, 2.45) is 11.0 Å². The number of hydrogen-bond acceptors (Lipinski definition) is 2. The molecule has 5 rings (SSSR count). The van der Waals surface area contributed by atoms with Gasteiger partial charge in [0.1, 0.15) is 0 Å². The summed E-state index contributed by atoms with van der Waals surface area (Å²) in [6.45, 7) is 0. The van der Waals surface area contributed by atoms with Gasteiger partial charge in [0.15, 0.2) is 0 Å². The summed E-state index contributed by atoms with van der Waals surface area (Å²) in [7, 11) is 0. The van der Waals surface area contributed by atoms with Gasteiger partial charge >= 0.3 is 0 Å². The molecule has 26 heavy (non-hydrogen) atoms. The summed E-state index contributed by atoms with van der Waals surface area (Å²) in [5, 5.41) is 8.09. The highest BCUT2D eigenvalue weighted by Gasteiger charge is 2.41. The first-order chi connectivity index (χ1) is 12.8. The van der Waals surface area contributed by atoms with Crippen LogP contribution in [0.2, 0.25) is 5.02 Å². The van der Waals surface area contributed by atoms with Gasteiger partial charge in [-0.3, -0.25) is 5.01 Å². The Kier molecular flexibility index (Phi) is 3.79. The molecular weight excluding hydrogens is 340 g/mol. The molecule has 0 saturated heterocycles. The molecule has 3 aromatic rings. The van der Waals surface area contributed by atoms with Crippen molar-refractivity contribution in [2.45, 2.75) is 18.9 Å². The van der Waals surface area contributed by atoms with Crippen molar-refractivity contribution in [1.82, 2.24) is 0 Å². The number of halogens is 1. The first kappa shape index (κ1) is 15.7. The molecule has 0 N–H and O–H groups in total. The molecule has 1 heterocycles. The van der Waals surface area contributed by atoms with Crippen LogP contribution in [0.5, 0.6) is 0 Å². The third kappa shape index (κ3) is 2.53. The highest BCUT2D eigenvalue weighted by atomic mass is 35.5. The SMILES string of the molecule is Clc1ccc([C@H]2[C@H]3CCc4ccccc4C3=NN2c2ccccc2)cc1. The number of fused-ring (bicyclic) bond motifs is 3. The zero-order chi connectivity index (χ0) is 17.5. The lowest BCUT2D eigenvalue weighted by Gasteiger charge is -2.30. The molecule has 0 radical (unpaired) electrons. The maximum absolute atomic E-state index is 6.13. The average molecular weight is 359 g/mol. The quantitative estimate of drug-likeness (QED) is 0.559. The zero-order valence-corrected chi connectivity index (χ0v) is 15.1. The van der Waals surface area contributed by atoms with Gasteiger partial charge in [0.05, 0.1) is 17.4 Å². The summed E-state index contributed by atoms with van der Waals surface area (Å²) in [4.78, 5) is 0. The summed E-state index contributed by atoms with van der Waals surface area (Å²) in [6, 6.07) is 27.6. The van der Waals surface area contributed by atoms with Gasteiger partial charge in [0, 0.05) is 16.5 Å². The molecule has 0 saturated carbocycles. The Bertz CT molecular complexity index is 963. The number of nitrogens with zero attached hydrogens (tertiary/aromatic N) is 2. The smallest absolute Gasteiger partial charge is 0.0860 e. The average Bonchev–Trinajstić information content (AvgIpc) is 3.09. The summed E-state index contributed by atoms with van der Waals surface area (Å²) in [5.41, 5.74) is 6.33. The lowest BCUT2D eigenvalue weighted by Crippen LogP contribution is -2.28. The maximum atomic E-state index is 6.13. The number of rotatable bonds is 2. The van der Waals surface area contributed by atoms with Crippen LogP contribution in [0.15, 0.2) is 84.0 Å². The summed E-state index contributed by atoms with van der Waals surface area (Å²) in [5.74, 6) is 0.395. The summed E-state index contributed by atoms with van der Waals surface area (Å²) >= 11 is 6.13. The van der Waals surface area contributed by atoms with Crippen molar-refractivity contribution in [3.05, 3.63) is 101 Å². The molecule has 2 atom stereocenters. The number of benzene rings is 3. The molecule has 128 valence electrons. The van der Waals surface area contributed by atoms with E-state index in [0.717, 1.165) is 23.6 Å². The van der Waals surface area contributed by atoms with Gasteiger partial charge in [-0.25, -0.2) is 0 Å². The molecule has 0 amide bonds. The van der Waals surface area contributed by atoms with Gasteiger partial charge in [0.2, 0.25) is 0 Å². The molecule has 3 aromatic carbocycles. The molecule has 2 nitrogen and oxygen atoms in total. The summed E-state index contributed by atoms with van der Waals surface area (Å²) < 4.78 is 0. The van der Waals surface area contributed by atoms with E-state index >= 15 is 0 Å². The Labute approximate surface area is 158 Å². The lowest BCUT2D eigenvalue weighted by molar-refractivity contribution is 0.510. The molecule has 2 aliphatic rings. The van der Waals surface area contributed by atoms with Crippen LogP contribution in [0.4, 0.5) is 5.69 Å². The Balaban J connectivity index is 1.65. The highest BCUT2D eigenvalue weighted by molar-refractivity contribution is 6.30. The Morgan fingerprint density at radius 2 is 1.58 bits per heavy atom. The van der Waals surface area contributed by atoms with E-state index in [0.29, 0.717) is 5.92 Å². The fraction of sp³-hybridized carbons (Fsp3) is 0.174. The van der Waals surface area contributed by atoms with Gasteiger partial charge in [-0.2, -0.15) is 5.10 Å². The third-order valence-corrected chi connectivity index (χ3v) is 5.71. The number of anilines is 1. The van der Waals surface area contributed by atoms with Gasteiger partial charge < -0.3 is 0 Å². The topological polar surface area (TPSA) is 15.6 Å². The number of aryl methyl sites for hydroxylation is 1. The Morgan fingerprint density at radius 3 is 2.38 bits per heavy atom. The first-order valence-electron chi connectivity index (χ1n) is 9.08. The van der Waals surface area contributed by atoms with Gasteiger partial charge in [0.25, 0.3) is 0 Å². The predicted molar refractivity (Wildman–Crippen MR) is 108 cm³/mol. The summed E-state index contributed by atoms with van der Waals surface area (Å²) in [6.07, 6.45) is 2.22. The van der Waals surface area contributed by atoms with E-state index < -0.39 is 0 Å². The lowest BCUT2D eigenvalue weighted by atomic mass is 9.77. The third-order valence-electron chi connectivity index (χ3n) is 5.46. The molecule has 0 unspecified atom stereocenters. The second kappa shape index (κ2) is 6.30. The van der Waals surface area contributed by atoms with Crippen LogP contribution in [-0.2, 0) is 6.42 Å². The predicted octanol–water partition coefficient (Wildman–Crippen LogP) is 5.87. The molecular formula is C23H19ClN2. The highest BCUT2D eigenvalue weighted by Crippen LogP contribution is 2.45. The van der Waals surface area contributed by atoms with Crippen molar-refractivity contribution in [1.29, 1.82) is 0 Å². The van der Waals surface area contributed by atoms with Gasteiger partial charge in [-0.05, 0) is 48.2 Å². The van der Waals surface area contributed by atoms with E-state index in [1.54, 1.807) is 0 Å². The fourth-order valence-electron chi connectivity index (χ4n) is 4.25. The van der Waals surface area contributed by atoms with E-state index in [-0.39, 0.29) is 6.04 Å². The molecule has 3 heteroatoms. The van der Waals surface area contributed by atoms with Crippen molar-refractivity contribution < 1.29 is 0 Å². The van der Waals surface area contributed by atoms with Crippen molar-refractivity contribution in [3.8, 4) is 0 Å². The van der Waals surface area contributed by atoms with E-state index in [4.69, 9.17) is 16.7 Å². The minimum absolute atomic E-state index is 0.207. The van der Waals surface area contributed by atoms with Gasteiger partial charge in [-0.1, -0.05) is 66.2 Å². The first-order valence-corrected chi connectivity index (χ1v) is 9.45. The van der Waals surface area contributed by atoms with Gasteiger partial charge in [-0.15, -0.1) is 0 Å². The molecule has 1 aliphatic heterocycles. The molecule has 1 aliphatic carbocycles.